The molecule has 2 heterocycles. The van der Waals surface area contributed by atoms with Gasteiger partial charge < -0.3 is 10.0 Å². The molecule has 1 saturated heterocycles. The van der Waals surface area contributed by atoms with Crippen molar-refractivity contribution >= 4 is 33.3 Å². The van der Waals surface area contributed by atoms with Gasteiger partial charge in [-0.3, -0.25) is 0 Å². The number of hydrogen-bond acceptors (Lipinski definition) is 3. The van der Waals surface area contributed by atoms with Crippen molar-refractivity contribution < 1.29 is 5.11 Å². The maximum Gasteiger partial charge on any atom is 0.142 e. The molecule has 0 aliphatic carbocycles. The van der Waals surface area contributed by atoms with Crippen LogP contribution in [0, 0.1) is 5.92 Å². The Bertz CT molecular complexity index is 386. The number of aromatic nitrogens is 1. The molecule has 2 unspecified atom stereocenters. The number of aliphatic hydroxyl groups excluding tert-OH is 1. The smallest absolute Gasteiger partial charge is 0.142 e. The van der Waals surface area contributed by atoms with Gasteiger partial charge in [-0.05, 0) is 35.3 Å². The molecule has 1 aromatic heterocycles. The van der Waals surface area contributed by atoms with Crippen LogP contribution in [0.5, 0.6) is 0 Å². The molecule has 1 N–H and O–H groups in total. The lowest BCUT2D eigenvalue weighted by atomic mass is 10.0. The van der Waals surface area contributed by atoms with Gasteiger partial charge in [-0.25, -0.2) is 4.98 Å². The van der Waals surface area contributed by atoms with Gasteiger partial charge in [-0.2, -0.15) is 0 Å². The Morgan fingerprint density at radius 1 is 1.69 bits per heavy atom. The van der Waals surface area contributed by atoms with Crippen molar-refractivity contribution in [2.45, 2.75) is 19.4 Å². The summed E-state index contributed by atoms with van der Waals surface area (Å²) in [6.45, 7) is 3.63. The van der Waals surface area contributed by atoms with E-state index in [1.807, 2.05) is 13.0 Å². The Morgan fingerprint density at radius 2 is 2.44 bits per heavy atom. The Balaban J connectivity index is 2.14. The Labute approximate surface area is 109 Å². The maximum atomic E-state index is 9.55. The average Bonchev–Trinajstić information content (AvgIpc) is 2.66. The molecule has 0 spiro atoms. The van der Waals surface area contributed by atoms with Crippen LogP contribution in [0.1, 0.15) is 13.3 Å². The van der Waals surface area contributed by atoms with Crippen LogP contribution in [0.25, 0.3) is 0 Å². The molecule has 5 heteroatoms. The molecule has 2 atom stereocenters. The van der Waals surface area contributed by atoms with Crippen molar-refractivity contribution in [3.05, 3.63) is 21.8 Å². The minimum atomic E-state index is -0.254. The molecule has 88 valence electrons. The number of hydrogen-bond donors (Lipinski definition) is 1. The highest BCUT2D eigenvalue weighted by Crippen LogP contribution is 2.31. The molecule has 3 nitrogen and oxygen atoms in total. The zero-order chi connectivity index (χ0) is 11.7. The molecule has 0 aromatic carbocycles. The lowest BCUT2D eigenvalue weighted by molar-refractivity contribution is 0.136. The minimum Gasteiger partial charge on any atom is -0.393 e. The number of anilines is 1. The number of pyridine rings is 1. The van der Waals surface area contributed by atoms with Gasteiger partial charge in [0.15, 0.2) is 0 Å². The lowest BCUT2D eigenvalue weighted by Gasteiger charge is -2.19. The second kappa shape index (κ2) is 4.90. The van der Waals surface area contributed by atoms with Crippen molar-refractivity contribution in [2.75, 3.05) is 18.0 Å². The van der Waals surface area contributed by atoms with E-state index in [0.29, 0.717) is 10.9 Å². The van der Waals surface area contributed by atoms with E-state index in [0.717, 1.165) is 29.8 Å². The molecule has 1 aliphatic heterocycles. The molecular formula is C11H14BrClN2O. The number of aliphatic hydroxyl groups is 1. The molecule has 0 radical (unpaired) electrons. The van der Waals surface area contributed by atoms with Gasteiger partial charge >= 0.3 is 0 Å². The number of rotatable bonds is 2. The number of halogens is 2. The highest BCUT2D eigenvalue weighted by Gasteiger charge is 2.27. The first-order valence-electron chi connectivity index (χ1n) is 5.32. The van der Waals surface area contributed by atoms with Crippen molar-refractivity contribution in [1.82, 2.24) is 4.98 Å². The van der Waals surface area contributed by atoms with Gasteiger partial charge in [0.25, 0.3) is 0 Å². The highest BCUT2D eigenvalue weighted by molar-refractivity contribution is 9.10. The van der Waals surface area contributed by atoms with E-state index in [2.05, 4.69) is 25.8 Å². The summed E-state index contributed by atoms with van der Waals surface area (Å²) < 4.78 is 0.909. The fraction of sp³-hybridized carbons (Fsp3) is 0.545. The van der Waals surface area contributed by atoms with Crippen LogP contribution < -0.4 is 4.90 Å². The third kappa shape index (κ3) is 2.50. The predicted molar refractivity (Wildman–Crippen MR) is 68.9 cm³/mol. The molecule has 0 amide bonds. The lowest BCUT2D eigenvalue weighted by Crippen LogP contribution is -2.24. The fourth-order valence-corrected chi connectivity index (χ4v) is 2.90. The topological polar surface area (TPSA) is 36.4 Å². The first-order valence-corrected chi connectivity index (χ1v) is 6.49. The molecule has 1 aromatic rings. The van der Waals surface area contributed by atoms with Crippen LogP contribution in [0.3, 0.4) is 0 Å². The van der Waals surface area contributed by atoms with Gasteiger partial charge in [0.1, 0.15) is 5.82 Å². The van der Waals surface area contributed by atoms with E-state index in [9.17, 15) is 5.11 Å². The first kappa shape index (κ1) is 12.1. The first-order chi connectivity index (χ1) is 7.58. The van der Waals surface area contributed by atoms with Gasteiger partial charge in [0.05, 0.1) is 15.6 Å². The van der Waals surface area contributed by atoms with E-state index in [1.165, 1.54) is 0 Å². The van der Waals surface area contributed by atoms with Crippen LogP contribution in [0.2, 0.25) is 5.02 Å². The predicted octanol–water partition coefficient (Wildman–Crippen LogP) is 2.70. The van der Waals surface area contributed by atoms with Gasteiger partial charge in [-0.15, -0.1) is 0 Å². The summed E-state index contributed by atoms with van der Waals surface area (Å²) in [7, 11) is 0. The quantitative estimate of drug-likeness (QED) is 0.912. The van der Waals surface area contributed by atoms with Gasteiger partial charge in [0.2, 0.25) is 0 Å². The van der Waals surface area contributed by atoms with Crippen LogP contribution in [-0.2, 0) is 0 Å². The summed E-state index contributed by atoms with van der Waals surface area (Å²) in [5, 5.41) is 10.2. The van der Waals surface area contributed by atoms with Crippen molar-refractivity contribution in [1.29, 1.82) is 0 Å². The normalized spacial score (nSPS) is 22.5. The van der Waals surface area contributed by atoms with E-state index in [-0.39, 0.29) is 6.10 Å². The van der Waals surface area contributed by atoms with Crippen molar-refractivity contribution in [3.63, 3.8) is 0 Å². The fourth-order valence-electron chi connectivity index (χ4n) is 2.01. The molecule has 0 saturated carbocycles. The summed E-state index contributed by atoms with van der Waals surface area (Å²) in [6.07, 6.45) is 2.40. The molecule has 1 aliphatic rings. The van der Waals surface area contributed by atoms with Crippen LogP contribution >= 0.6 is 27.5 Å². The van der Waals surface area contributed by atoms with E-state index < -0.39 is 0 Å². The SMILES string of the molecule is CC(O)C1CCN(c2ncc(Cl)cc2Br)C1. The van der Waals surface area contributed by atoms with E-state index >= 15 is 0 Å². The van der Waals surface area contributed by atoms with Crippen molar-refractivity contribution in [3.8, 4) is 0 Å². The zero-order valence-corrected chi connectivity index (χ0v) is 11.4. The standard InChI is InChI=1S/C11H14BrClN2O/c1-7(16)8-2-3-15(6-8)11-10(12)4-9(13)5-14-11/h4-5,7-8,16H,2-3,6H2,1H3. The number of nitrogens with zero attached hydrogens (tertiary/aromatic N) is 2. The minimum absolute atomic E-state index is 0.254. The maximum absolute atomic E-state index is 9.55. The summed E-state index contributed by atoms with van der Waals surface area (Å²) in [5.74, 6) is 1.25. The average molecular weight is 306 g/mol. The highest BCUT2D eigenvalue weighted by atomic mass is 79.9. The van der Waals surface area contributed by atoms with E-state index in [1.54, 1.807) is 6.20 Å². The van der Waals surface area contributed by atoms with Crippen LogP contribution in [0.4, 0.5) is 5.82 Å². The molecular weight excluding hydrogens is 291 g/mol. The Morgan fingerprint density at radius 3 is 3.00 bits per heavy atom. The monoisotopic (exact) mass is 304 g/mol. The molecule has 2 rings (SSSR count). The van der Waals surface area contributed by atoms with Gasteiger partial charge in [0, 0.05) is 25.2 Å². The van der Waals surface area contributed by atoms with Gasteiger partial charge in [-0.1, -0.05) is 11.6 Å². The summed E-state index contributed by atoms with van der Waals surface area (Å²) in [4.78, 5) is 6.50. The summed E-state index contributed by atoms with van der Waals surface area (Å²) in [5.41, 5.74) is 0. The van der Waals surface area contributed by atoms with Crippen LogP contribution in [-0.4, -0.2) is 29.3 Å². The van der Waals surface area contributed by atoms with Crippen molar-refractivity contribution in [2.24, 2.45) is 5.92 Å². The summed E-state index contributed by atoms with van der Waals surface area (Å²) >= 11 is 9.31. The Hall–Kier alpha value is -0.320. The van der Waals surface area contributed by atoms with Crippen LogP contribution in [0.15, 0.2) is 16.7 Å². The molecule has 16 heavy (non-hydrogen) atoms. The largest absolute Gasteiger partial charge is 0.393 e. The third-order valence-corrected chi connectivity index (χ3v) is 3.79. The third-order valence-electron chi connectivity index (χ3n) is 2.99. The second-order valence-electron chi connectivity index (χ2n) is 4.19. The van der Waals surface area contributed by atoms with E-state index in [4.69, 9.17) is 11.6 Å². The summed E-state index contributed by atoms with van der Waals surface area (Å²) in [6, 6.07) is 1.85. The zero-order valence-electron chi connectivity index (χ0n) is 9.03. The molecule has 0 bridgehead atoms. The molecule has 1 fully saturated rings. The second-order valence-corrected chi connectivity index (χ2v) is 5.49. The Kier molecular flexibility index (Phi) is 3.72.